The van der Waals surface area contributed by atoms with Gasteiger partial charge in [0.2, 0.25) is 5.91 Å². The second-order valence-corrected chi connectivity index (χ2v) is 8.47. The molecular weight excluding hydrogens is 416 g/mol. The summed E-state index contributed by atoms with van der Waals surface area (Å²) in [6.45, 7) is 4.66. The highest BCUT2D eigenvalue weighted by molar-refractivity contribution is 6.34. The first kappa shape index (κ1) is 21.4. The van der Waals surface area contributed by atoms with Crippen LogP contribution >= 0.6 is 11.6 Å². The Morgan fingerprint density at radius 2 is 1.77 bits per heavy atom. The molecule has 1 N–H and O–H groups in total. The van der Waals surface area contributed by atoms with E-state index in [-0.39, 0.29) is 23.8 Å². The third-order valence-electron chi connectivity index (χ3n) is 6.09. The zero-order valence-corrected chi connectivity index (χ0v) is 18.4. The fraction of sp³-hybridized carbons (Fsp3) is 0.435. The number of benzene rings is 1. The first-order valence-electron chi connectivity index (χ1n) is 10.8. The lowest BCUT2D eigenvalue weighted by Crippen LogP contribution is -2.49. The van der Waals surface area contributed by atoms with Crippen molar-refractivity contribution in [1.29, 1.82) is 0 Å². The molecule has 7 nitrogen and oxygen atoms in total. The first-order chi connectivity index (χ1) is 15.0. The number of carbonyl (C=O) groups excluding carboxylic acids is 2. The monoisotopic (exact) mass is 442 g/mol. The van der Waals surface area contributed by atoms with E-state index >= 15 is 0 Å². The molecule has 2 aliphatic rings. The molecule has 3 amide bonds. The second kappa shape index (κ2) is 9.14. The van der Waals surface area contributed by atoms with Crippen LogP contribution in [0, 0.1) is 0 Å². The molecule has 2 fully saturated rings. The Kier molecular flexibility index (Phi) is 6.32. The predicted molar refractivity (Wildman–Crippen MR) is 122 cm³/mol. The number of nitrogens with one attached hydrogen (secondary N) is 1. The number of aromatic nitrogens is 1. The standard InChI is InChI=1S/C23H27ClN4O3/c1-2-11-27-12-4-7-19(22(27)30)26-13-8-16(9-14-26)17-5-3-6-18(21(17)24)28-15-10-20(29)25-23(28)31/h3-7,12,16H,2,8-11,13-15H2,1H3,(H,25,29,31). The van der Waals surface area contributed by atoms with Gasteiger partial charge in [-0.25, -0.2) is 4.79 Å². The normalized spacial score (nSPS) is 17.7. The summed E-state index contributed by atoms with van der Waals surface area (Å²) < 4.78 is 1.77. The number of hydrogen-bond acceptors (Lipinski definition) is 4. The summed E-state index contributed by atoms with van der Waals surface area (Å²) in [5.41, 5.74) is 2.47. The number of halogens is 1. The van der Waals surface area contributed by atoms with Crippen molar-refractivity contribution in [2.45, 2.75) is 45.1 Å². The van der Waals surface area contributed by atoms with Crippen molar-refractivity contribution >= 4 is 34.9 Å². The summed E-state index contributed by atoms with van der Waals surface area (Å²) >= 11 is 6.74. The summed E-state index contributed by atoms with van der Waals surface area (Å²) in [5, 5.41) is 2.91. The number of aryl methyl sites for hydroxylation is 1. The van der Waals surface area contributed by atoms with Crippen molar-refractivity contribution in [1.82, 2.24) is 9.88 Å². The lowest BCUT2D eigenvalue weighted by molar-refractivity contribution is -0.120. The Labute approximate surface area is 186 Å². The molecule has 0 spiro atoms. The average Bonchev–Trinajstić information content (AvgIpc) is 2.76. The molecule has 0 bridgehead atoms. The number of piperidine rings is 1. The van der Waals surface area contributed by atoms with Crippen LogP contribution in [0.15, 0.2) is 41.3 Å². The maximum Gasteiger partial charge on any atom is 0.328 e. The quantitative estimate of drug-likeness (QED) is 0.765. The summed E-state index contributed by atoms with van der Waals surface area (Å²) in [4.78, 5) is 40.2. The van der Waals surface area contributed by atoms with Crippen LogP contribution < -0.4 is 20.7 Å². The molecule has 2 saturated heterocycles. The van der Waals surface area contributed by atoms with Gasteiger partial charge in [0, 0.05) is 38.8 Å². The molecule has 4 rings (SSSR count). The average molecular weight is 443 g/mol. The van der Waals surface area contributed by atoms with E-state index in [1.54, 1.807) is 4.57 Å². The van der Waals surface area contributed by atoms with Gasteiger partial charge in [-0.05, 0) is 48.9 Å². The van der Waals surface area contributed by atoms with Crippen molar-refractivity contribution in [3.63, 3.8) is 0 Å². The lowest BCUT2D eigenvalue weighted by atomic mass is 9.88. The minimum atomic E-state index is -0.433. The van der Waals surface area contributed by atoms with Crippen LogP contribution in [0.3, 0.4) is 0 Å². The largest absolute Gasteiger partial charge is 0.367 e. The summed E-state index contributed by atoms with van der Waals surface area (Å²) in [5.74, 6) is -0.0143. The van der Waals surface area contributed by atoms with Crippen LogP contribution in [0.1, 0.15) is 44.1 Å². The fourth-order valence-corrected chi connectivity index (χ4v) is 4.85. The number of carbonyl (C=O) groups is 2. The zero-order chi connectivity index (χ0) is 22.0. The van der Waals surface area contributed by atoms with Gasteiger partial charge in [-0.1, -0.05) is 30.7 Å². The Hall–Kier alpha value is -2.80. The van der Waals surface area contributed by atoms with Gasteiger partial charge in [-0.3, -0.25) is 19.8 Å². The molecule has 2 aromatic rings. The Bertz CT molecular complexity index is 1040. The van der Waals surface area contributed by atoms with E-state index in [2.05, 4.69) is 17.1 Å². The van der Waals surface area contributed by atoms with Gasteiger partial charge in [0.25, 0.3) is 5.56 Å². The van der Waals surface area contributed by atoms with Crippen LogP contribution in [0.25, 0.3) is 0 Å². The van der Waals surface area contributed by atoms with Crippen LogP contribution in [0.5, 0.6) is 0 Å². The highest BCUT2D eigenvalue weighted by Gasteiger charge is 2.29. The summed E-state index contributed by atoms with van der Waals surface area (Å²) in [6, 6.07) is 9.14. The highest BCUT2D eigenvalue weighted by Crippen LogP contribution is 2.38. The van der Waals surface area contributed by atoms with Crippen molar-refractivity contribution in [2.75, 3.05) is 29.4 Å². The van der Waals surface area contributed by atoms with Gasteiger partial charge >= 0.3 is 6.03 Å². The molecule has 1 aromatic carbocycles. The molecule has 0 aliphatic carbocycles. The topological polar surface area (TPSA) is 74.7 Å². The van der Waals surface area contributed by atoms with Gasteiger partial charge < -0.3 is 9.47 Å². The number of imide groups is 1. The Morgan fingerprint density at radius 3 is 2.48 bits per heavy atom. The van der Waals surface area contributed by atoms with Gasteiger partial charge in [0.15, 0.2) is 0 Å². The zero-order valence-electron chi connectivity index (χ0n) is 17.6. The summed E-state index contributed by atoms with van der Waals surface area (Å²) in [6.07, 6.45) is 4.77. The van der Waals surface area contributed by atoms with E-state index in [4.69, 9.17) is 11.6 Å². The molecule has 0 saturated carbocycles. The maximum atomic E-state index is 12.8. The SMILES string of the molecule is CCCn1cccc(N2CCC(c3cccc(N4CCC(=O)NC4=O)c3Cl)CC2)c1=O. The van der Waals surface area contributed by atoms with E-state index in [0.717, 1.165) is 50.1 Å². The van der Waals surface area contributed by atoms with Crippen molar-refractivity contribution in [3.8, 4) is 0 Å². The van der Waals surface area contributed by atoms with Gasteiger partial charge in [0.05, 0.1) is 10.7 Å². The van der Waals surface area contributed by atoms with Gasteiger partial charge in [-0.2, -0.15) is 0 Å². The third-order valence-corrected chi connectivity index (χ3v) is 6.50. The van der Waals surface area contributed by atoms with Crippen LogP contribution in [0.2, 0.25) is 5.02 Å². The fourth-order valence-electron chi connectivity index (χ4n) is 4.47. The maximum absolute atomic E-state index is 12.8. The molecule has 2 aliphatic heterocycles. The molecule has 0 unspecified atom stereocenters. The van der Waals surface area contributed by atoms with Crippen molar-refractivity contribution in [3.05, 3.63) is 57.5 Å². The molecule has 31 heavy (non-hydrogen) atoms. The molecule has 0 radical (unpaired) electrons. The smallest absolute Gasteiger partial charge is 0.328 e. The second-order valence-electron chi connectivity index (χ2n) is 8.09. The Balaban J connectivity index is 1.50. The number of rotatable bonds is 5. The number of urea groups is 1. The predicted octanol–water partition coefficient (Wildman–Crippen LogP) is 3.74. The third kappa shape index (κ3) is 4.32. The molecule has 1 aromatic heterocycles. The first-order valence-corrected chi connectivity index (χ1v) is 11.2. The highest BCUT2D eigenvalue weighted by atomic mass is 35.5. The van der Waals surface area contributed by atoms with E-state index in [9.17, 15) is 14.4 Å². The molecule has 3 heterocycles. The lowest BCUT2D eigenvalue weighted by Gasteiger charge is -2.34. The number of pyridine rings is 1. The van der Waals surface area contributed by atoms with E-state index in [1.165, 1.54) is 4.90 Å². The van der Waals surface area contributed by atoms with E-state index < -0.39 is 6.03 Å². The van der Waals surface area contributed by atoms with E-state index in [1.807, 2.05) is 36.5 Å². The summed E-state index contributed by atoms with van der Waals surface area (Å²) in [7, 11) is 0. The van der Waals surface area contributed by atoms with Crippen LogP contribution in [-0.2, 0) is 11.3 Å². The number of amides is 3. The molecule has 8 heteroatoms. The molecule has 0 atom stereocenters. The van der Waals surface area contributed by atoms with Crippen LogP contribution in [0.4, 0.5) is 16.2 Å². The van der Waals surface area contributed by atoms with Crippen LogP contribution in [-0.4, -0.2) is 36.1 Å². The number of hydrogen-bond donors (Lipinski definition) is 1. The minimum absolute atomic E-state index is 0.0634. The van der Waals surface area contributed by atoms with Crippen molar-refractivity contribution < 1.29 is 9.59 Å². The van der Waals surface area contributed by atoms with Gasteiger partial charge in [0.1, 0.15) is 5.69 Å². The van der Waals surface area contributed by atoms with Crippen molar-refractivity contribution in [2.24, 2.45) is 0 Å². The number of nitrogens with zero attached hydrogens (tertiary/aromatic N) is 3. The molecule has 164 valence electrons. The van der Waals surface area contributed by atoms with E-state index in [0.29, 0.717) is 17.3 Å². The molecular formula is C23H27ClN4O3. The number of anilines is 2. The minimum Gasteiger partial charge on any atom is -0.367 e. The Morgan fingerprint density at radius 1 is 1.03 bits per heavy atom. The van der Waals surface area contributed by atoms with Gasteiger partial charge in [-0.15, -0.1) is 0 Å².